The van der Waals surface area contributed by atoms with Gasteiger partial charge in [-0.15, -0.1) is 12.4 Å². The van der Waals surface area contributed by atoms with Gasteiger partial charge in [0.15, 0.2) is 0 Å². The van der Waals surface area contributed by atoms with Crippen LogP contribution in [-0.2, 0) is 16.0 Å². The smallest absolute Gasteiger partial charge is 0.310 e. The number of fused-ring (bicyclic) bond motifs is 2. The van der Waals surface area contributed by atoms with Crippen LogP contribution in [0, 0.1) is 0 Å². The number of halogens is 2. The first kappa shape index (κ1) is 16.6. The van der Waals surface area contributed by atoms with Gasteiger partial charge in [-0.1, -0.05) is 23.7 Å². The van der Waals surface area contributed by atoms with E-state index in [1.165, 1.54) is 12.8 Å². The van der Waals surface area contributed by atoms with E-state index in [2.05, 4.69) is 11.9 Å². The fraction of sp³-hybridized carbons (Fsp3) is 0.562. The van der Waals surface area contributed by atoms with Crippen molar-refractivity contribution in [2.24, 2.45) is 0 Å². The van der Waals surface area contributed by atoms with Gasteiger partial charge in [0.25, 0.3) is 0 Å². The zero-order valence-electron chi connectivity index (χ0n) is 12.1. The molecule has 0 N–H and O–H groups in total. The lowest BCUT2D eigenvalue weighted by atomic mass is 10.0. The lowest BCUT2D eigenvalue weighted by Gasteiger charge is -2.35. The Hall–Kier alpha value is -0.770. The standard InChI is InChI=1S/C16H20ClNO2.ClH/c1-18-13-5-6-14(18)10-15(9-13)20-16(19)8-11-3-2-4-12(17)7-11;/h2-4,7,13-15H,5-6,8-10H2,1H3;1H. The first-order valence-corrected chi connectivity index (χ1v) is 7.65. The van der Waals surface area contributed by atoms with Gasteiger partial charge in [0, 0.05) is 17.1 Å². The van der Waals surface area contributed by atoms with E-state index < -0.39 is 0 Å². The molecular formula is C16H21Cl2NO2. The molecule has 0 radical (unpaired) electrons. The van der Waals surface area contributed by atoms with Crippen LogP contribution in [0.5, 0.6) is 0 Å². The molecule has 116 valence electrons. The summed E-state index contributed by atoms with van der Waals surface area (Å²) in [6, 6.07) is 8.59. The molecule has 0 amide bonds. The Bertz CT molecular complexity index is 495. The summed E-state index contributed by atoms with van der Waals surface area (Å²) in [7, 11) is 2.19. The third kappa shape index (κ3) is 3.91. The summed E-state index contributed by atoms with van der Waals surface area (Å²) >= 11 is 5.93. The van der Waals surface area contributed by atoms with Crippen molar-refractivity contribution in [3.63, 3.8) is 0 Å². The van der Waals surface area contributed by atoms with E-state index in [1.54, 1.807) is 0 Å². The van der Waals surface area contributed by atoms with Crippen molar-refractivity contribution in [2.45, 2.75) is 50.3 Å². The minimum Gasteiger partial charge on any atom is -0.462 e. The molecule has 2 aliphatic heterocycles. The van der Waals surface area contributed by atoms with Crippen molar-refractivity contribution < 1.29 is 9.53 Å². The number of benzene rings is 1. The highest BCUT2D eigenvalue weighted by Crippen LogP contribution is 2.35. The minimum absolute atomic E-state index is 0. The third-order valence-electron chi connectivity index (χ3n) is 4.59. The molecule has 1 aromatic carbocycles. The molecule has 2 unspecified atom stereocenters. The average molecular weight is 330 g/mol. The van der Waals surface area contributed by atoms with Crippen molar-refractivity contribution in [3.05, 3.63) is 34.9 Å². The molecule has 21 heavy (non-hydrogen) atoms. The highest BCUT2D eigenvalue weighted by molar-refractivity contribution is 6.30. The minimum atomic E-state index is -0.138. The molecule has 2 heterocycles. The van der Waals surface area contributed by atoms with Gasteiger partial charge >= 0.3 is 5.97 Å². The predicted octanol–water partition coefficient (Wildman–Crippen LogP) is 3.47. The molecule has 0 spiro atoms. The van der Waals surface area contributed by atoms with Gasteiger partial charge in [-0.2, -0.15) is 0 Å². The average Bonchev–Trinajstić information content (AvgIpc) is 2.61. The second kappa shape index (κ2) is 6.99. The summed E-state index contributed by atoms with van der Waals surface area (Å²) in [5.41, 5.74) is 0.915. The van der Waals surface area contributed by atoms with Crippen LogP contribution < -0.4 is 0 Å². The number of hydrogen-bond acceptors (Lipinski definition) is 3. The van der Waals surface area contributed by atoms with Crippen LogP contribution in [-0.4, -0.2) is 36.1 Å². The van der Waals surface area contributed by atoms with Gasteiger partial charge in [-0.05, 0) is 50.4 Å². The molecule has 3 nitrogen and oxygen atoms in total. The number of hydrogen-bond donors (Lipinski definition) is 0. The number of piperidine rings is 1. The molecule has 5 heteroatoms. The van der Waals surface area contributed by atoms with Crippen LogP contribution >= 0.6 is 24.0 Å². The molecule has 0 saturated carbocycles. The van der Waals surface area contributed by atoms with Crippen molar-refractivity contribution >= 4 is 30.0 Å². The molecule has 1 aromatic rings. The monoisotopic (exact) mass is 329 g/mol. The summed E-state index contributed by atoms with van der Waals surface area (Å²) in [6.45, 7) is 0. The summed E-state index contributed by atoms with van der Waals surface area (Å²) in [6.07, 6.45) is 4.84. The molecule has 2 fully saturated rings. The summed E-state index contributed by atoms with van der Waals surface area (Å²) in [5, 5.41) is 0.660. The fourth-order valence-corrected chi connectivity index (χ4v) is 3.71. The topological polar surface area (TPSA) is 29.5 Å². The normalized spacial score (nSPS) is 28.0. The molecule has 0 aromatic heterocycles. The Morgan fingerprint density at radius 2 is 2.00 bits per heavy atom. The molecule has 2 saturated heterocycles. The first-order valence-electron chi connectivity index (χ1n) is 7.27. The number of rotatable bonds is 3. The van der Waals surface area contributed by atoms with Gasteiger partial charge in [0.1, 0.15) is 6.10 Å². The maximum atomic E-state index is 12.0. The quantitative estimate of drug-likeness (QED) is 0.795. The number of ether oxygens (including phenoxy) is 1. The Balaban J connectivity index is 0.00000161. The van der Waals surface area contributed by atoms with E-state index in [-0.39, 0.29) is 24.5 Å². The van der Waals surface area contributed by atoms with E-state index in [4.69, 9.17) is 16.3 Å². The number of esters is 1. The van der Waals surface area contributed by atoms with E-state index >= 15 is 0 Å². The second-order valence-corrected chi connectivity index (χ2v) is 6.38. The first-order chi connectivity index (χ1) is 9.61. The van der Waals surface area contributed by atoms with Gasteiger partial charge in [0.2, 0.25) is 0 Å². The van der Waals surface area contributed by atoms with Gasteiger partial charge in [-0.25, -0.2) is 0 Å². The molecule has 0 aliphatic carbocycles. The van der Waals surface area contributed by atoms with Crippen LogP contribution in [0.2, 0.25) is 5.02 Å². The Kier molecular flexibility index (Phi) is 5.53. The van der Waals surface area contributed by atoms with Crippen molar-refractivity contribution in [1.82, 2.24) is 4.90 Å². The number of nitrogens with zero attached hydrogens (tertiary/aromatic N) is 1. The maximum absolute atomic E-state index is 12.0. The lowest BCUT2D eigenvalue weighted by Crippen LogP contribution is -2.43. The van der Waals surface area contributed by atoms with E-state index in [1.807, 2.05) is 24.3 Å². The fourth-order valence-electron chi connectivity index (χ4n) is 3.50. The van der Waals surface area contributed by atoms with Crippen molar-refractivity contribution in [1.29, 1.82) is 0 Å². The molecule has 2 atom stereocenters. The van der Waals surface area contributed by atoms with E-state index in [9.17, 15) is 4.79 Å². The van der Waals surface area contributed by atoms with Gasteiger partial charge in [0.05, 0.1) is 6.42 Å². The predicted molar refractivity (Wildman–Crippen MR) is 86.1 cm³/mol. The highest BCUT2D eigenvalue weighted by Gasteiger charge is 2.39. The van der Waals surface area contributed by atoms with Gasteiger partial charge in [-0.3, -0.25) is 4.79 Å². The number of carbonyl (C=O) groups excluding carboxylic acids is 1. The summed E-state index contributed by atoms with van der Waals surface area (Å²) in [4.78, 5) is 14.5. The van der Waals surface area contributed by atoms with Crippen LogP contribution in [0.3, 0.4) is 0 Å². The second-order valence-electron chi connectivity index (χ2n) is 5.94. The molecule has 3 rings (SSSR count). The van der Waals surface area contributed by atoms with Crippen molar-refractivity contribution in [2.75, 3.05) is 7.05 Å². The Labute approximate surface area is 137 Å². The Morgan fingerprint density at radius 3 is 2.62 bits per heavy atom. The third-order valence-corrected chi connectivity index (χ3v) is 4.83. The number of carbonyl (C=O) groups is 1. The molecule has 2 bridgehead atoms. The van der Waals surface area contributed by atoms with E-state index in [0.29, 0.717) is 23.5 Å². The SMILES string of the molecule is CN1C2CCC1CC(OC(=O)Cc1cccc(Cl)c1)C2.Cl. The van der Waals surface area contributed by atoms with Crippen LogP contribution in [0.4, 0.5) is 0 Å². The van der Waals surface area contributed by atoms with E-state index in [0.717, 1.165) is 18.4 Å². The zero-order valence-corrected chi connectivity index (χ0v) is 13.7. The largest absolute Gasteiger partial charge is 0.462 e. The lowest BCUT2D eigenvalue weighted by molar-refractivity contribution is -0.151. The van der Waals surface area contributed by atoms with Crippen LogP contribution in [0.25, 0.3) is 0 Å². The van der Waals surface area contributed by atoms with Crippen molar-refractivity contribution in [3.8, 4) is 0 Å². The van der Waals surface area contributed by atoms with Crippen LogP contribution in [0.15, 0.2) is 24.3 Å². The maximum Gasteiger partial charge on any atom is 0.310 e. The summed E-state index contributed by atoms with van der Waals surface area (Å²) < 4.78 is 5.66. The Morgan fingerprint density at radius 1 is 1.33 bits per heavy atom. The molecule has 2 aliphatic rings. The van der Waals surface area contributed by atoms with Crippen LogP contribution in [0.1, 0.15) is 31.2 Å². The molecular weight excluding hydrogens is 309 g/mol. The van der Waals surface area contributed by atoms with Gasteiger partial charge < -0.3 is 9.64 Å². The summed E-state index contributed by atoms with van der Waals surface area (Å²) in [5.74, 6) is -0.138. The zero-order chi connectivity index (χ0) is 14.1. The highest BCUT2D eigenvalue weighted by atomic mass is 35.5.